The third-order valence-corrected chi connectivity index (χ3v) is 5.43. The van der Waals surface area contributed by atoms with Crippen LogP contribution in [0.2, 0.25) is 0 Å². The Morgan fingerprint density at radius 2 is 1.82 bits per heavy atom. The molecule has 1 N–H and O–H groups in total. The largest absolute Gasteiger partial charge is 0.481 e. The van der Waals surface area contributed by atoms with Crippen molar-refractivity contribution in [2.45, 2.75) is 58.5 Å². The highest BCUT2D eigenvalue weighted by atomic mass is 16.5. The van der Waals surface area contributed by atoms with Gasteiger partial charge in [-0.25, -0.2) is 0 Å². The smallest absolute Gasteiger partial charge is 0.309 e. The van der Waals surface area contributed by atoms with E-state index in [0.717, 1.165) is 38.8 Å². The first kappa shape index (κ1) is 17.3. The molecule has 0 bridgehead atoms. The van der Waals surface area contributed by atoms with E-state index in [0.29, 0.717) is 25.4 Å². The molecule has 0 saturated carbocycles. The predicted molar refractivity (Wildman–Crippen MR) is 83.5 cm³/mol. The number of piperidine rings is 1. The summed E-state index contributed by atoms with van der Waals surface area (Å²) in [6.45, 7) is 6.31. The molecule has 22 heavy (non-hydrogen) atoms. The second-order valence-electron chi connectivity index (χ2n) is 6.67. The number of hydrogen-bond acceptors (Lipinski definition) is 3. The van der Waals surface area contributed by atoms with Crippen molar-refractivity contribution in [3.8, 4) is 0 Å². The molecule has 126 valence electrons. The fourth-order valence-corrected chi connectivity index (χ4v) is 3.77. The van der Waals surface area contributed by atoms with Crippen molar-refractivity contribution in [1.29, 1.82) is 0 Å². The van der Waals surface area contributed by atoms with Gasteiger partial charge in [-0.3, -0.25) is 9.59 Å². The molecule has 0 spiro atoms. The van der Waals surface area contributed by atoms with Crippen LogP contribution in [0.1, 0.15) is 52.4 Å². The van der Waals surface area contributed by atoms with Crippen molar-refractivity contribution in [3.63, 3.8) is 0 Å². The number of carbonyl (C=O) groups is 2. The van der Waals surface area contributed by atoms with Crippen molar-refractivity contribution in [3.05, 3.63) is 0 Å². The van der Waals surface area contributed by atoms with Gasteiger partial charge in [-0.1, -0.05) is 26.7 Å². The minimum atomic E-state index is -0.741. The molecule has 2 aliphatic heterocycles. The average molecular weight is 311 g/mol. The molecule has 1 unspecified atom stereocenters. The summed E-state index contributed by atoms with van der Waals surface area (Å²) in [5, 5.41) is 9.26. The van der Waals surface area contributed by atoms with E-state index in [2.05, 4.69) is 13.8 Å². The topological polar surface area (TPSA) is 66.8 Å². The number of likely N-dealkylation sites (tertiary alicyclic amines) is 1. The summed E-state index contributed by atoms with van der Waals surface area (Å²) in [7, 11) is 0. The number of carboxylic acid groups (broad SMARTS) is 1. The molecule has 0 aliphatic carbocycles. The van der Waals surface area contributed by atoms with Crippen LogP contribution in [-0.4, -0.2) is 47.7 Å². The first-order valence-electron chi connectivity index (χ1n) is 8.68. The Morgan fingerprint density at radius 1 is 1.18 bits per heavy atom. The molecule has 5 nitrogen and oxygen atoms in total. The van der Waals surface area contributed by atoms with Crippen molar-refractivity contribution in [2.75, 3.05) is 19.7 Å². The lowest BCUT2D eigenvalue weighted by atomic mass is 9.84. The highest BCUT2D eigenvalue weighted by molar-refractivity contribution is 5.76. The Bertz CT molecular complexity index is 386. The van der Waals surface area contributed by atoms with E-state index in [1.54, 1.807) is 0 Å². The minimum Gasteiger partial charge on any atom is -0.481 e. The number of rotatable bonds is 6. The van der Waals surface area contributed by atoms with Gasteiger partial charge in [0, 0.05) is 26.1 Å². The van der Waals surface area contributed by atoms with Gasteiger partial charge in [0.25, 0.3) is 0 Å². The molecule has 2 atom stereocenters. The van der Waals surface area contributed by atoms with Gasteiger partial charge in [0.05, 0.1) is 12.0 Å². The van der Waals surface area contributed by atoms with Gasteiger partial charge in [-0.15, -0.1) is 0 Å². The van der Waals surface area contributed by atoms with Crippen LogP contribution in [0.25, 0.3) is 0 Å². The second kappa shape index (κ2) is 7.95. The summed E-state index contributed by atoms with van der Waals surface area (Å²) in [5.74, 6) is -0.0820. The zero-order chi connectivity index (χ0) is 16.1. The van der Waals surface area contributed by atoms with E-state index < -0.39 is 5.97 Å². The number of hydrogen-bond donors (Lipinski definition) is 1. The lowest BCUT2D eigenvalue weighted by molar-refractivity contribution is -0.146. The standard InChI is InChI=1S/C17H29NO4/c1-3-12(4-2)11-15(19)18-8-5-13(6-9-18)16-14(17(20)21)7-10-22-16/h12-14,16H,3-11H2,1-2H3,(H,20,21)/t14?,16-/m0/s1. The Labute approximate surface area is 133 Å². The van der Waals surface area contributed by atoms with Crippen LogP contribution in [0, 0.1) is 17.8 Å². The highest BCUT2D eigenvalue weighted by Gasteiger charge is 2.40. The Balaban J connectivity index is 1.82. The highest BCUT2D eigenvalue weighted by Crippen LogP contribution is 2.33. The van der Waals surface area contributed by atoms with E-state index in [-0.39, 0.29) is 23.8 Å². The van der Waals surface area contributed by atoms with Crippen LogP contribution in [0.3, 0.4) is 0 Å². The summed E-state index contributed by atoms with van der Waals surface area (Å²) in [5.41, 5.74) is 0. The molecule has 0 aromatic heterocycles. The number of amides is 1. The van der Waals surface area contributed by atoms with Gasteiger partial charge in [-0.05, 0) is 31.1 Å². The molecular weight excluding hydrogens is 282 g/mol. The number of ether oxygens (including phenoxy) is 1. The quantitative estimate of drug-likeness (QED) is 0.818. The van der Waals surface area contributed by atoms with Crippen molar-refractivity contribution in [1.82, 2.24) is 4.90 Å². The minimum absolute atomic E-state index is 0.159. The van der Waals surface area contributed by atoms with Crippen LogP contribution in [0.4, 0.5) is 0 Å². The maximum absolute atomic E-state index is 12.3. The average Bonchev–Trinajstić information content (AvgIpc) is 3.02. The zero-order valence-electron chi connectivity index (χ0n) is 13.8. The van der Waals surface area contributed by atoms with E-state index in [9.17, 15) is 14.7 Å². The molecule has 0 aromatic carbocycles. The van der Waals surface area contributed by atoms with E-state index in [1.165, 1.54) is 0 Å². The lowest BCUT2D eigenvalue weighted by Gasteiger charge is -2.36. The summed E-state index contributed by atoms with van der Waals surface area (Å²) in [4.78, 5) is 25.6. The lowest BCUT2D eigenvalue weighted by Crippen LogP contribution is -2.43. The molecule has 0 aromatic rings. The number of nitrogens with zero attached hydrogens (tertiary/aromatic N) is 1. The number of carbonyl (C=O) groups excluding carboxylic acids is 1. The second-order valence-corrected chi connectivity index (χ2v) is 6.67. The van der Waals surface area contributed by atoms with Crippen LogP contribution in [0.5, 0.6) is 0 Å². The van der Waals surface area contributed by atoms with Gasteiger partial charge >= 0.3 is 5.97 Å². The van der Waals surface area contributed by atoms with Crippen LogP contribution < -0.4 is 0 Å². The molecule has 2 heterocycles. The monoisotopic (exact) mass is 311 g/mol. The molecular formula is C17H29NO4. The van der Waals surface area contributed by atoms with Gasteiger partial charge in [0.1, 0.15) is 0 Å². The van der Waals surface area contributed by atoms with Crippen molar-refractivity contribution in [2.24, 2.45) is 17.8 Å². The van der Waals surface area contributed by atoms with Crippen LogP contribution >= 0.6 is 0 Å². The maximum Gasteiger partial charge on any atom is 0.309 e. The Morgan fingerprint density at radius 3 is 2.36 bits per heavy atom. The molecule has 5 heteroatoms. The molecule has 1 amide bonds. The van der Waals surface area contributed by atoms with Gasteiger partial charge in [0.2, 0.25) is 5.91 Å². The van der Waals surface area contributed by atoms with Gasteiger partial charge < -0.3 is 14.7 Å². The number of carboxylic acids is 1. The van der Waals surface area contributed by atoms with Gasteiger partial charge in [-0.2, -0.15) is 0 Å². The normalized spacial score (nSPS) is 26.6. The molecule has 2 rings (SSSR count). The maximum atomic E-state index is 12.3. The van der Waals surface area contributed by atoms with Crippen LogP contribution in [-0.2, 0) is 14.3 Å². The Hall–Kier alpha value is -1.10. The van der Waals surface area contributed by atoms with Gasteiger partial charge in [0.15, 0.2) is 0 Å². The SMILES string of the molecule is CCC(CC)CC(=O)N1CCC([C@@H]2OCCC2C(=O)O)CC1. The zero-order valence-corrected chi connectivity index (χ0v) is 13.8. The van der Waals surface area contributed by atoms with Crippen molar-refractivity contribution >= 4 is 11.9 Å². The summed E-state index contributed by atoms with van der Waals surface area (Å²) in [6.07, 6.45) is 4.94. The molecule has 0 radical (unpaired) electrons. The third-order valence-electron chi connectivity index (χ3n) is 5.43. The molecule has 2 aliphatic rings. The first-order chi connectivity index (χ1) is 10.6. The molecule has 2 fully saturated rings. The third kappa shape index (κ3) is 4.00. The van der Waals surface area contributed by atoms with E-state index >= 15 is 0 Å². The summed E-state index contributed by atoms with van der Waals surface area (Å²) >= 11 is 0. The Kier molecular flexibility index (Phi) is 6.24. The fraction of sp³-hybridized carbons (Fsp3) is 0.882. The molecule has 2 saturated heterocycles. The van der Waals surface area contributed by atoms with E-state index in [1.807, 2.05) is 4.90 Å². The van der Waals surface area contributed by atoms with Crippen molar-refractivity contribution < 1.29 is 19.4 Å². The van der Waals surface area contributed by atoms with E-state index in [4.69, 9.17) is 4.74 Å². The van der Waals surface area contributed by atoms with Crippen LogP contribution in [0.15, 0.2) is 0 Å². The fourth-order valence-electron chi connectivity index (χ4n) is 3.77. The summed E-state index contributed by atoms with van der Waals surface area (Å²) < 4.78 is 5.68. The summed E-state index contributed by atoms with van der Waals surface area (Å²) in [6, 6.07) is 0. The number of aliphatic carboxylic acids is 1. The predicted octanol–water partition coefficient (Wildman–Crippen LogP) is 2.54. The first-order valence-corrected chi connectivity index (χ1v) is 8.68.